The lowest BCUT2D eigenvalue weighted by Crippen LogP contribution is -2.29. The van der Waals surface area contributed by atoms with Gasteiger partial charge in [0.25, 0.3) is 0 Å². The number of hydrogen-bond donors (Lipinski definition) is 1. The van der Waals surface area contributed by atoms with Gasteiger partial charge in [-0.2, -0.15) is 0 Å². The highest BCUT2D eigenvalue weighted by molar-refractivity contribution is 5.66. The molecule has 14 heavy (non-hydrogen) atoms. The summed E-state index contributed by atoms with van der Waals surface area (Å²) < 4.78 is 0. The summed E-state index contributed by atoms with van der Waals surface area (Å²) in [5, 5.41) is 8.43. The minimum absolute atomic E-state index is 0.293. The zero-order valence-corrected chi connectivity index (χ0v) is 9.49. The van der Waals surface area contributed by atoms with Gasteiger partial charge in [-0.05, 0) is 40.5 Å². The Morgan fingerprint density at radius 1 is 1.07 bits per heavy atom. The summed E-state index contributed by atoms with van der Waals surface area (Å²) in [6, 6.07) is 0. The Labute approximate surface area is 86.5 Å². The van der Waals surface area contributed by atoms with Crippen molar-refractivity contribution in [3.8, 4) is 0 Å². The summed E-state index contributed by atoms with van der Waals surface area (Å²) in [5.74, 6) is -0.694. The lowest BCUT2D eigenvalue weighted by atomic mass is 10.2. The van der Waals surface area contributed by atoms with Crippen LogP contribution in [0.1, 0.15) is 19.3 Å². The standard InChI is InChI=1S/C10H22N2O2/c1-11(2)8-9-12(3)7-5-4-6-10(13)14/h4-9H2,1-3H3,(H,13,14). The van der Waals surface area contributed by atoms with E-state index in [4.69, 9.17) is 5.11 Å². The summed E-state index contributed by atoms with van der Waals surface area (Å²) >= 11 is 0. The molecule has 0 heterocycles. The van der Waals surface area contributed by atoms with Crippen molar-refractivity contribution in [3.63, 3.8) is 0 Å². The van der Waals surface area contributed by atoms with Gasteiger partial charge in [-0.3, -0.25) is 4.79 Å². The molecule has 0 amide bonds. The predicted octanol–water partition coefficient (Wildman–Crippen LogP) is 0.735. The van der Waals surface area contributed by atoms with Gasteiger partial charge >= 0.3 is 5.97 Å². The third-order valence-electron chi connectivity index (χ3n) is 2.11. The Morgan fingerprint density at radius 3 is 2.21 bits per heavy atom. The van der Waals surface area contributed by atoms with E-state index in [0.29, 0.717) is 6.42 Å². The molecule has 0 unspecified atom stereocenters. The first kappa shape index (κ1) is 13.4. The first-order chi connectivity index (χ1) is 6.52. The molecule has 0 aliphatic rings. The molecule has 0 aliphatic heterocycles. The second-order valence-electron chi connectivity index (χ2n) is 3.96. The van der Waals surface area contributed by atoms with Gasteiger partial charge in [-0.1, -0.05) is 0 Å². The fourth-order valence-corrected chi connectivity index (χ4v) is 1.14. The van der Waals surface area contributed by atoms with Gasteiger partial charge in [0, 0.05) is 19.5 Å². The quantitative estimate of drug-likeness (QED) is 0.589. The molecule has 0 fully saturated rings. The molecule has 0 aromatic heterocycles. The molecule has 84 valence electrons. The van der Waals surface area contributed by atoms with E-state index in [9.17, 15) is 4.79 Å². The number of hydrogen-bond acceptors (Lipinski definition) is 3. The Morgan fingerprint density at radius 2 is 1.71 bits per heavy atom. The molecule has 0 radical (unpaired) electrons. The van der Waals surface area contributed by atoms with Crippen molar-refractivity contribution in [2.45, 2.75) is 19.3 Å². The van der Waals surface area contributed by atoms with Crippen molar-refractivity contribution in [1.82, 2.24) is 9.80 Å². The third kappa shape index (κ3) is 9.48. The summed E-state index contributed by atoms with van der Waals surface area (Å²) in [4.78, 5) is 14.6. The van der Waals surface area contributed by atoms with Gasteiger partial charge in [0.05, 0.1) is 0 Å². The monoisotopic (exact) mass is 202 g/mol. The van der Waals surface area contributed by atoms with Gasteiger partial charge in [-0.15, -0.1) is 0 Å². The first-order valence-corrected chi connectivity index (χ1v) is 5.07. The molecule has 0 aromatic rings. The van der Waals surface area contributed by atoms with Crippen LogP contribution >= 0.6 is 0 Å². The number of carboxylic acids is 1. The maximum absolute atomic E-state index is 10.2. The number of unbranched alkanes of at least 4 members (excludes halogenated alkanes) is 1. The van der Waals surface area contributed by atoms with E-state index < -0.39 is 5.97 Å². The van der Waals surface area contributed by atoms with Gasteiger partial charge in [0.2, 0.25) is 0 Å². The molecule has 0 saturated heterocycles. The van der Waals surface area contributed by atoms with Gasteiger partial charge < -0.3 is 14.9 Å². The van der Waals surface area contributed by atoms with E-state index in [1.807, 2.05) is 0 Å². The van der Waals surface area contributed by atoms with Crippen LogP contribution in [0.4, 0.5) is 0 Å². The SMILES string of the molecule is CN(C)CCN(C)CCCCC(=O)O. The molecule has 0 rings (SSSR count). The smallest absolute Gasteiger partial charge is 0.303 e. The van der Waals surface area contributed by atoms with Gasteiger partial charge in [0.15, 0.2) is 0 Å². The average Bonchev–Trinajstić information content (AvgIpc) is 2.08. The molecule has 0 saturated carbocycles. The van der Waals surface area contributed by atoms with Crippen LogP contribution in [0.3, 0.4) is 0 Å². The highest BCUT2D eigenvalue weighted by Gasteiger charge is 2.00. The number of likely N-dealkylation sites (N-methyl/N-ethyl adjacent to an activating group) is 2. The second-order valence-corrected chi connectivity index (χ2v) is 3.96. The Bertz CT molecular complexity index is 160. The van der Waals surface area contributed by atoms with Gasteiger partial charge in [-0.25, -0.2) is 0 Å². The number of nitrogens with zero attached hydrogens (tertiary/aromatic N) is 2. The molecule has 0 spiro atoms. The van der Waals surface area contributed by atoms with Crippen molar-refractivity contribution >= 4 is 5.97 Å². The maximum atomic E-state index is 10.2. The van der Waals surface area contributed by atoms with Crippen molar-refractivity contribution in [2.75, 3.05) is 40.8 Å². The Balaban J connectivity index is 3.26. The molecule has 1 N–H and O–H groups in total. The molecular formula is C10H22N2O2. The van der Waals surface area contributed by atoms with Crippen molar-refractivity contribution in [1.29, 1.82) is 0 Å². The minimum Gasteiger partial charge on any atom is -0.481 e. The maximum Gasteiger partial charge on any atom is 0.303 e. The molecule has 0 aromatic carbocycles. The lowest BCUT2D eigenvalue weighted by molar-refractivity contribution is -0.137. The zero-order valence-electron chi connectivity index (χ0n) is 9.49. The molecule has 0 bridgehead atoms. The van der Waals surface area contributed by atoms with Crippen LogP contribution in [0.15, 0.2) is 0 Å². The van der Waals surface area contributed by atoms with Crippen LogP contribution in [0.2, 0.25) is 0 Å². The lowest BCUT2D eigenvalue weighted by Gasteiger charge is -2.18. The average molecular weight is 202 g/mol. The first-order valence-electron chi connectivity index (χ1n) is 5.07. The van der Waals surface area contributed by atoms with Crippen LogP contribution in [0, 0.1) is 0 Å². The molecular weight excluding hydrogens is 180 g/mol. The summed E-state index contributed by atoms with van der Waals surface area (Å²) in [5.41, 5.74) is 0. The number of aliphatic carboxylic acids is 1. The van der Waals surface area contributed by atoms with E-state index in [2.05, 4.69) is 30.9 Å². The molecule has 0 atom stereocenters. The Kier molecular flexibility index (Phi) is 7.42. The van der Waals surface area contributed by atoms with Crippen LogP contribution in [-0.4, -0.2) is 61.7 Å². The van der Waals surface area contributed by atoms with Crippen LogP contribution in [0.25, 0.3) is 0 Å². The second kappa shape index (κ2) is 7.76. The fraction of sp³-hybridized carbons (Fsp3) is 0.900. The normalized spacial score (nSPS) is 11.2. The van der Waals surface area contributed by atoms with Gasteiger partial charge in [0.1, 0.15) is 0 Å². The Hall–Kier alpha value is -0.610. The van der Waals surface area contributed by atoms with E-state index in [1.165, 1.54) is 0 Å². The number of carboxylic acid groups (broad SMARTS) is 1. The molecule has 0 aliphatic carbocycles. The zero-order chi connectivity index (χ0) is 11.0. The molecule has 4 heteroatoms. The number of rotatable bonds is 8. The van der Waals surface area contributed by atoms with Crippen molar-refractivity contribution in [3.05, 3.63) is 0 Å². The summed E-state index contributed by atoms with van der Waals surface area (Å²) in [7, 11) is 6.18. The summed E-state index contributed by atoms with van der Waals surface area (Å²) in [6.07, 6.45) is 2.04. The van der Waals surface area contributed by atoms with E-state index in [1.54, 1.807) is 0 Å². The van der Waals surface area contributed by atoms with Crippen molar-refractivity contribution < 1.29 is 9.90 Å². The highest BCUT2D eigenvalue weighted by Crippen LogP contribution is 1.97. The highest BCUT2D eigenvalue weighted by atomic mass is 16.4. The predicted molar refractivity (Wildman–Crippen MR) is 57.5 cm³/mol. The van der Waals surface area contributed by atoms with Crippen LogP contribution < -0.4 is 0 Å². The largest absolute Gasteiger partial charge is 0.481 e. The van der Waals surface area contributed by atoms with Crippen LogP contribution in [-0.2, 0) is 4.79 Å². The summed E-state index contributed by atoms with van der Waals surface area (Å²) in [6.45, 7) is 3.08. The van der Waals surface area contributed by atoms with Crippen molar-refractivity contribution in [2.24, 2.45) is 0 Å². The van der Waals surface area contributed by atoms with E-state index in [0.717, 1.165) is 32.5 Å². The number of carbonyl (C=O) groups is 1. The fourth-order valence-electron chi connectivity index (χ4n) is 1.14. The third-order valence-corrected chi connectivity index (χ3v) is 2.11. The molecule has 4 nitrogen and oxygen atoms in total. The topological polar surface area (TPSA) is 43.8 Å². The van der Waals surface area contributed by atoms with E-state index >= 15 is 0 Å². The van der Waals surface area contributed by atoms with E-state index in [-0.39, 0.29) is 0 Å². The minimum atomic E-state index is -0.694. The van der Waals surface area contributed by atoms with Crippen LogP contribution in [0.5, 0.6) is 0 Å².